The highest BCUT2D eigenvalue weighted by atomic mass is 79.9. The van der Waals surface area contributed by atoms with Gasteiger partial charge in [-0.2, -0.15) is 0 Å². The molecule has 1 saturated heterocycles. The standard InChI is InChI=1S/C14H18BrFN2O/c1-10(12-5-4-11(15)8-13(12)16)17-9-14(19)18-6-2-3-7-18/h4-5,8,10,17H,2-3,6-7,9H2,1H3. The van der Waals surface area contributed by atoms with E-state index in [9.17, 15) is 9.18 Å². The van der Waals surface area contributed by atoms with Crippen LogP contribution in [0.3, 0.4) is 0 Å². The van der Waals surface area contributed by atoms with Gasteiger partial charge in [-0.1, -0.05) is 22.0 Å². The molecule has 2 rings (SSSR count). The van der Waals surface area contributed by atoms with Gasteiger partial charge in [0.25, 0.3) is 0 Å². The fourth-order valence-electron chi connectivity index (χ4n) is 2.28. The van der Waals surface area contributed by atoms with Gasteiger partial charge in [0.1, 0.15) is 5.82 Å². The van der Waals surface area contributed by atoms with E-state index in [2.05, 4.69) is 21.2 Å². The number of benzene rings is 1. The van der Waals surface area contributed by atoms with Crippen molar-refractivity contribution in [3.8, 4) is 0 Å². The summed E-state index contributed by atoms with van der Waals surface area (Å²) in [7, 11) is 0. The second kappa shape index (κ2) is 6.48. The van der Waals surface area contributed by atoms with Crippen LogP contribution in [0.15, 0.2) is 22.7 Å². The molecule has 1 aliphatic heterocycles. The number of nitrogens with one attached hydrogen (secondary N) is 1. The van der Waals surface area contributed by atoms with Crippen LogP contribution in [0, 0.1) is 5.82 Å². The molecule has 1 amide bonds. The second-order valence-electron chi connectivity index (χ2n) is 4.86. The Morgan fingerprint density at radius 1 is 1.47 bits per heavy atom. The number of hydrogen-bond donors (Lipinski definition) is 1. The van der Waals surface area contributed by atoms with Crippen molar-refractivity contribution in [2.24, 2.45) is 0 Å². The Balaban J connectivity index is 1.89. The Hall–Kier alpha value is -0.940. The van der Waals surface area contributed by atoms with Crippen molar-refractivity contribution >= 4 is 21.8 Å². The maximum absolute atomic E-state index is 13.8. The van der Waals surface area contributed by atoms with Crippen LogP contribution in [0.2, 0.25) is 0 Å². The van der Waals surface area contributed by atoms with Gasteiger partial charge in [-0.3, -0.25) is 4.79 Å². The molecule has 0 spiro atoms. The minimum Gasteiger partial charge on any atom is -0.342 e. The molecule has 1 fully saturated rings. The van der Waals surface area contributed by atoms with Gasteiger partial charge in [-0.05, 0) is 31.9 Å². The summed E-state index contributed by atoms with van der Waals surface area (Å²) in [6, 6.07) is 4.80. The van der Waals surface area contributed by atoms with Crippen LogP contribution in [0.4, 0.5) is 4.39 Å². The number of likely N-dealkylation sites (tertiary alicyclic amines) is 1. The van der Waals surface area contributed by atoms with E-state index in [-0.39, 0.29) is 24.3 Å². The van der Waals surface area contributed by atoms with Crippen molar-refractivity contribution in [2.75, 3.05) is 19.6 Å². The Labute approximate surface area is 121 Å². The predicted octanol–water partition coefficient (Wildman–Crippen LogP) is 2.86. The smallest absolute Gasteiger partial charge is 0.236 e. The molecule has 1 aromatic carbocycles. The first-order chi connectivity index (χ1) is 9.08. The van der Waals surface area contributed by atoms with Crippen LogP contribution in [0.25, 0.3) is 0 Å². The minimum absolute atomic E-state index is 0.0990. The topological polar surface area (TPSA) is 32.3 Å². The molecule has 5 heteroatoms. The molecule has 19 heavy (non-hydrogen) atoms. The van der Waals surface area contributed by atoms with Gasteiger partial charge in [0.2, 0.25) is 5.91 Å². The van der Waals surface area contributed by atoms with E-state index in [0.717, 1.165) is 25.9 Å². The van der Waals surface area contributed by atoms with Gasteiger partial charge in [-0.15, -0.1) is 0 Å². The van der Waals surface area contributed by atoms with E-state index < -0.39 is 0 Å². The monoisotopic (exact) mass is 328 g/mol. The number of nitrogens with zero attached hydrogens (tertiary/aromatic N) is 1. The van der Waals surface area contributed by atoms with Gasteiger partial charge < -0.3 is 10.2 Å². The van der Waals surface area contributed by atoms with Gasteiger partial charge in [-0.25, -0.2) is 4.39 Å². The average molecular weight is 329 g/mol. The number of amides is 1. The maximum Gasteiger partial charge on any atom is 0.236 e. The summed E-state index contributed by atoms with van der Waals surface area (Å²) in [5.41, 5.74) is 0.581. The summed E-state index contributed by atoms with van der Waals surface area (Å²) in [6.07, 6.45) is 2.17. The molecule has 0 aromatic heterocycles. The largest absolute Gasteiger partial charge is 0.342 e. The lowest BCUT2D eigenvalue weighted by atomic mass is 10.1. The Morgan fingerprint density at radius 2 is 2.16 bits per heavy atom. The fraction of sp³-hybridized carbons (Fsp3) is 0.500. The molecular formula is C14H18BrFN2O. The lowest BCUT2D eigenvalue weighted by Gasteiger charge is -2.19. The highest BCUT2D eigenvalue weighted by Crippen LogP contribution is 2.20. The molecule has 1 aliphatic rings. The zero-order valence-electron chi connectivity index (χ0n) is 11.0. The number of hydrogen-bond acceptors (Lipinski definition) is 2. The van der Waals surface area contributed by atoms with Gasteiger partial charge in [0.05, 0.1) is 6.54 Å². The third-order valence-electron chi connectivity index (χ3n) is 3.45. The van der Waals surface area contributed by atoms with E-state index in [0.29, 0.717) is 10.0 Å². The molecular weight excluding hydrogens is 311 g/mol. The van der Waals surface area contributed by atoms with Gasteiger partial charge >= 0.3 is 0 Å². The third kappa shape index (κ3) is 3.76. The van der Waals surface area contributed by atoms with Crippen LogP contribution in [0.5, 0.6) is 0 Å². The van der Waals surface area contributed by atoms with Gasteiger partial charge in [0.15, 0.2) is 0 Å². The summed E-state index contributed by atoms with van der Waals surface area (Å²) in [5, 5.41) is 3.09. The van der Waals surface area contributed by atoms with Crippen molar-refractivity contribution in [1.29, 1.82) is 0 Å². The number of carbonyl (C=O) groups excluding carboxylic acids is 1. The zero-order valence-corrected chi connectivity index (χ0v) is 12.5. The lowest BCUT2D eigenvalue weighted by Crippen LogP contribution is -2.37. The van der Waals surface area contributed by atoms with Crippen LogP contribution in [-0.2, 0) is 4.79 Å². The Bertz CT molecular complexity index is 461. The molecule has 0 aliphatic carbocycles. The highest BCUT2D eigenvalue weighted by molar-refractivity contribution is 9.10. The van der Waals surface area contributed by atoms with Crippen LogP contribution in [0.1, 0.15) is 31.4 Å². The second-order valence-corrected chi connectivity index (χ2v) is 5.77. The van der Waals surface area contributed by atoms with Crippen molar-refractivity contribution in [3.05, 3.63) is 34.1 Å². The molecule has 104 valence electrons. The van der Waals surface area contributed by atoms with E-state index in [4.69, 9.17) is 0 Å². The maximum atomic E-state index is 13.8. The average Bonchev–Trinajstić information content (AvgIpc) is 2.89. The first kappa shape index (κ1) is 14.5. The van der Waals surface area contributed by atoms with Crippen molar-refractivity contribution in [1.82, 2.24) is 10.2 Å². The molecule has 1 N–H and O–H groups in total. The molecule has 3 nitrogen and oxygen atoms in total. The van der Waals surface area contributed by atoms with Crippen molar-refractivity contribution in [3.63, 3.8) is 0 Å². The Kier molecular flexibility index (Phi) is 4.93. The van der Waals surface area contributed by atoms with Crippen LogP contribution in [-0.4, -0.2) is 30.4 Å². The first-order valence-corrected chi connectivity index (χ1v) is 7.33. The normalized spacial score (nSPS) is 16.7. The van der Waals surface area contributed by atoms with E-state index in [1.54, 1.807) is 12.1 Å². The van der Waals surface area contributed by atoms with Crippen molar-refractivity contribution in [2.45, 2.75) is 25.8 Å². The van der Waals surface area contributed by atoms with E-state index >= 15 is 0 Å². The Morgan fingerprint density at radius 3 is 2.79 bits per heavy atom. The summed E-state index contributed by atoms with van der Waals surface area (Å²) >= 11 is 3.23. The third-order valence-corrected chi connectivity index (χ3v) is 3.94. The number of halogens is 2. The van der Waals surface area contributed by atoms with Gasteiger partial charge in [0, 0.05) is 29.2 Å². The molecule has 0 radical (unpaired) electrons. The summed E-state index contributed by atoms with van der Waals surface area (Å²) < 4.78 is 14.5. The van der Waals surface area contributed by atoms with E-state index in [1.165, 1.54) is 6.07 Å². The molecule has 1 aromatic rings. The number of rotatable bonds is 4. The molecule has 1 atom stereocenters. The summed E-state index contributed by atoms with van der Waals surface area (Å²) in [6.45, 7) is 3.82. The molecule has 1 unspecified atom stereocenters. The first-order valence-electron chi connectivity index (χ1n) is 6.54. The number of carbonyl (C=O) groups is 1. The molecule has 1 heterocycles. The fourth-order valence-corrected chi connectivity index (χ4v) is 2.61. The zero-order chi connectivity index (χ0) is 13.8. The summed E-state index contributed by atoms with van der Waals surface area (Å²) in [5.74, 6) is -0.162. The predicted molar refractivity (Wildman–Crippen MR) is 76.3 cm³/mol. The lowest BCUT2D eigenvalue weighted by molar-refractivity contribution is -0.129. The molecule has 0 saturated carbocycles. The van der Waals surface area contributed by atoms with Crippen LogP contribution >= 0.6 is 15.9 Å². The SMILES string of the molecule is CC(NCC(=O)N1CCCC1)c1ccc(Br)cc1F. The quantitative estimate of drug-likeness (QED) is 0.921. The van der Waals surface area contributed by atoms with E-state index in [1.807, 2.05) is 11.8 Å². The summed E-state index contributed by atoms with van der Waals surface area (Å²) in [4.78, 5) is 13.7. The minimum atomic E-state index is -0.261. The highest BCUT2D eigenvalue weighted by Gasteiger charge is 2.19. The van der Waals surface area contributed by atoms with Crippen molar-refractivity contribution < 1.29 is 9.18 Å². The van der Waals surface area contributed by atoms with Crippen LogP contribution < -0.4 is 5.32 Å². The molecule has 0 bridgehead atoms.